The number of benzene rings is 1. The summed E-state index contributed by atoms with van der Waals surface area (Å²) in [6, 6.07) is 9.77. The maximum atomic E-state index is 12.6. The monoisotopic (exact) mass is 267 g/mol. The zero-order chi connectivity index (χ0) is 13.7. The average molecular weight is 267 g/mol. The van der Waals surface area contributed by atoms with Gasteiger partial charge in [-0.25, -0.2) is 0 Å². The van der Waals surface area contributed by atoms with E-state index < -0.39 is 0 Å². The smallest absolute Gasteiger partial charge is 0.234 e. The topological polar surface area (TPSA) is 37.4 Å². The van der Waals surface area contributed by atoms with Crippen molar-refractivity contribution in [2.45, 2.75) is 19.4 Å². The van der Waals surface area contributed by atoms with Gasteiger partial charge in [-0.05, 0) is 30.2 Å². The van der Waals surface area contributed by atoms with Crippen LogP contribution in [0, 0.1) is 23.7 Å². The van der Waals surface area contributed by atoms with E-state index in [2.05, 4.69) is 12.2 Å². The maximum Gasteiger partial charge on any atom is 0.234 e. The summed E-state index contributed by atoms with van der Waals surface area (Å²) in [5.74, 6) is 0.472. The molecule has 4 aliphatic rings. The van der Waals surface area contributed by atoms with Crippen molar-refractivity contribution in [2.75, 3.05) is 0 Å². The van der Waals surface area contributed by atoms with E-state index in [4.69, 9.17) is 0 Å². The number of hydrogen-bond acceptors (Lipinski definition) is 2. The molecule has 0 radical (unpaired) electrons. The molecule has 3 aliphatic carbocycles. The van der Waals surface area contributed by atoms with E-state index in [0.29, 0.717) is 6.54 Å². The second-order valence-corrected chi connectivity index (χ2v) is 6.09. The Morgan fingerprint density at radius 3 is 1.95 bits per heavy atom. The molecule has 1 aromatic carbocycles. The van der Waals surface area contributed by atoms with Gasteiger partial charge in [0, 0.05) is 0 Å². The second-order valence-electron chi connectivity index (χ2n) is 6.09. The van der Waals surface area contributed by atoms with E-state index in [0.717, 1.165) is 18.4 Å². The van der Waals surface area contributed by atoms with Gasteiger partial charge in [0.15, 0.2) is 0 Å². The lowest BCUT2D eigenvalue weighted by Crippen LogP contribution is -2.38. The first-order chi connectivity index (χ1) is 9.75. The van der Waals surface area contributed by atoms with E-state index in [1.807, 2.05) is 30.3 Å². The normalized spacial score (nSPS) is 34.7. The van der Waals surface area contributed by atoms with Gasteiger partial charge in [-0.2, -0.15) is 0 Å². The molecule has 1 aromatic rings. The number of hydrogen-bond donors (Lipinski definition) is 0. The van der Waals surface area contributed by atoms with Crippen LogP contribution in [-0.4, -0.2) is 16.7 Å². The van der Waals surface area contributed by atoms with Gasteiger partial charge in [0.05, 0.1) is 18.4 Å². The van der Waals surface area contributed by atoms with Crippen LogP contribution < -0.4 is 0 Å². The molecule has 0 aromatic heterocycles. The molecule has 102 valence electrons. The Labute approximate surface area is 118 Å². The van der Waals surface area contributed by atoms with Crippen LogP contribution in [0.2, 0.25) is 0 Å². The lowest BCUT2D eigenvalue weighted by atomic mass is 9.63. The van der Waals surface area contributed by atoms with Gasteiger partial charge < -0.3 is 0 Å². The fraction of sp³-hybridized carbons (Fsp3) is 0.412. The SMILES string of the molecule is O=C1[C@@H]2[C@H](C(=O)N1Cc1ccccc1)[C@@H]1C=C[C@H]2CC1. The van der Waals surface area contributed by atoms with Crippen LogP contribution in [0.4, 0.5) is 0 Å². The van der Waals surface area contributed by atoms with Crippen LogP contribution in [0.15, 0.2) is 42.5 Å². The molecule has 3 nitrogen and oxygen atoms in total. The van der Waals surface area contributed by atoms with Crippen LogP contribution in [0.25, 0.3) is 0 Å². The van der Waals surface area contributed by atoms with Crippen LogP contribution in [0.3, 0.4) is 0 Å². The number of likely N-dealkylation sites (tertiary alicyclic amines) is 1. The van der Waals surface area contributed by atoms with Gasteiger partial charge in [0.25, 0.3) is 0 Å². The quantitative estimate of drug-likeness (QED) is 0.609. The van der Waals surface area contributed by atoms with E-state index in [1.54, 1.807) is 0 Å². The van der Waals surface area contributed by atoms with Crippen LogP contribution in [0.5, 0.6) is 0 Å². The van der Waals surface area contributed by atoms with E-state index in [1.165, 1.54) is 4.90 Å². The second kappa shape index (κ2) is 4.30. The third-order valence-electron chi connectivity index (χ3n) is 5.03. The number of rotatable bonds is 2. The molecule has 0 spiro atoms. The first-order valence-corrected chi connectivity index (χ1v) is 7.33. The molecule has 2 fully saturated rings. The number of imide groups is 1. The van der Waals surface area contributed by atoms with Crippen molar-refractivity contribution in [2.24, 2.45) is 23.7 Å². The summed E-state index contributed by atoms with van der Waals surface area (Å²) in [4.78, 5) is 26.7. The fourth-order valence-electron chi connectivity index (χ4n) is 4.06. The van der Waals surface area contributed by atoms with Gasteiger partial charge in [-0.1, -0.05) is 42.5 Å². The highest BCUT2D eigenvalue weighted by molar-refractivity contribution is 6.05. The zero-order valence-electron chi connectivity index (χ0n) is 11.2. The molecule has 2 amide bonds. The molecule has 0 unspecified atom stereocenters. The van der Waals surface area contributed by atoms with Crippen LogP contribution in [-0.2, 0) is 16.1 Å². The Morgan fingerprint density at radius 2 is 1.45 bits per heavy atom. The van der Waals surface area contributed by atoms with Crippen molar-refractivity contribution in [3.05, 3.63) is 48.0 Å². The van der Waals surface area contributed by atoms with Gasteiger partial charge >= 0.3 is 0 Å². The molecule has 1 saturated heterocycles. The summed E-state index contributed by atoms with van der Waals surface area (Å²) in [5, 5.41) is 0. The summed E-state index contributed by atoms with van der Waals surface area (Å²) in [5.41, 5.74) is 1.02. The molecule has 5 rings (SSSR count). The van der Waals surface area contributed by atoms with Crippen LogP contribution in [0.1, 0.15) is 18.4 Å². The van der Waals surface area contributed by atoms with Crippen molar-refractivity contribution in [3.63, 3.8) is 0 Å². The standard InChI is InChI=1S/C17H17NO2/c19-16-14-12-6-7-13(9-8-12)15(14)17(20)18(16)10-11-4-2-1-3-5-11/h1-7,12-15H,8-10H2/t12-,13+,14-,15+. The third kappa shape index (κ3) is 1.59. The predicted molar refractivity (Wildman–Crippen MR) is 74.3 cm³/mol. The Hall–Kier alpha value is -1.90. The van der Waals surface area contributed by atoms with Gasteiger partial charge in [0.2, 0.25) is 11.8 Å². The number of fused-ring (bicyclic) bond motifs is 1. The molecule has 4 atom stereocenters. The Kier molecular flexibility index (Phi) is 2.56. The Bertz CT molecular complexity index is 560. The molecular weight excluding hydrogens is 250 g/mol. The third-order valence-corrected chi connectivity index (χ3v) is 5.03. The van der Waals surface area contributed by atoms with Gasteiger partial charge in [0.1, 0.15) is 0 Å². The lowest BCUT2D eigenvalue weighted by molar-refractivity contribution is -0.140. The summed E-state index contributed by atoms with van der Waals surface area (Å²) in [6.45, 7) is 0.422. The number of carbonyl (C=O) groups is 2. The highest BCUT2D eigenvalue weighted by Crippen LogP contribution is 2.49. The van der Waals surface area contributed by atoms with E-state index >= 15 is 0 Å². The zero-order valence-corrected chi connectivity index (χ0v) is 11.2. The molecule has 1 heterocycles. The average Bonchev–Trinajstić information content (AvgIpc) is 2.77. The number of allylic oxidation sites excluding steroid dienone is 2. The lowest BCUT2D eigenvalue weighted by Gasteiger charge is -2.38. The maximum absolute atomic E-state index is 12.6. The Morgan fingerprint density at radius 1 is 0.900 bits per heavy atom. The summed E-state index contributed by atoms with van der Waals surface area (Å²) < 4.78 is 0. The predicted octanol–water partition coefficient (Wildman–Crippen LogP) is 2.38. The van der Waals surface area contributed by atoms with Crippen molar-refractivity contribution in [3.8, 4) is 0 Å². The molecule has 20 heavy (non-hydrogen) atoms. The highest BCUT2D eigenvalue weighted by atomic mass is 16.2. The largest absolute Gasteiger partial charge is 0.278 e. The van der Waals surface area contributed by atoms with Gasteiger partial charge in [-0.3, -0.25) is 14.5 Å². The van der Waals surface area contributed by atoms with Crippen molar-refractivity contribution < 1.29 is 9.59 Å². The number of nitrogens with zero attached hydrogens (tertiary/aromatic N) is 1. The summed E-state index contributed by atoms with van der Waals surface area (Å²) in [6.07, 6.45) is 6.43. The summed E-state index contributed by atoms with van der Waals surface area (Å²) >= 11 is 0. The van der Waals surface area contributed by atoms with E-state index in [9.17, 15) is 9.59 Å². The molecule has 0 N–H and O–H groups in total. The number of carbonyl (C=O) groups excluding carboxylic acids is 2. The van der Waals surface area contributed by atoms with Crippen molar-refractivity contribution in [1.29, 1.82) is 0 Å². The highest BCUT2D eigenvalue weighted by Gasteiger charge is 2.56. The molecule has 1 aliphatic heterocycles. The molecule has 3 heteroatoms. The molecular formula is C17H17NO2. The van der Waals surface area contributed by atoms with Gasteiger partial charge in [-0.15, -0.1) is 0 Å². The Balaban J connectivity index is 1.64. The van der Waals surface area contributed by atoms with Crippen molar-refractivity contribution in [1.82, 2.24) is 4.90 Å². The first kappa shape index (κ1) is 11.9. The minimum Gasteiger partial charge on any atom is -0.278 e. The number of amides is 2. The minimum atomic E-state index is -0.0880. The first-order valence-electron chi connectivity index (χ1n) is 7.33. The minimum absolute atomic E-state index is 0.0444. The van der Waals surface area contributed by atoms with E-state index in [-0.39, 0.29) is 35.5 Å². The van der Waals surface area contributed by atoms with Crippen molar-refractivity contribution >= 4 is 11.8 Å². The molecule has 1 saturated carbocycles. The summed E-state index contributed by atoms with van der Waals surface area (Å²) in [7, 11) is 0. The fourth-order valence-corrected chi connectivity index (χ4v) is 4.06. The molecule has 2 bridgehead atoms. The van der Waals surface area contributed by atoms with Crippen LogP contribution >= 0.6 is 0 Å².